The molecule has 0 radical (unpaired) electrons. The Morgan fingerprint density at radius 2 is 2.07 bits per heavy atom. The largest absolute Gasteiger partial charge is 0.378 e. The van der Waals surface area contributed by atoms with Crippen LogP contribution in [-0.2, 0) is 10.3 Å². The zero-order valence-corrected chi connectivity index (χ0v) is 9.76. The summed E-state index contributed by atoms with van der Waals surface area (Å²) < 4.78 is 5.55. The maximum atomic E-state index is 5.55. The van der Waals surface area contributed by atoms with Gasteiger partial charge >= 0.3 is 0 Å². The van der Waals surface area contributed by atoms with Crippen LogP contribution in [-0.4, -0.2) is 19.8 Å². The van der Waals surface area contributed by atoms with E-state index in [9.17, 15) is 0 Å². The fourth-order valence-corrected chi connectivity index (χ4v) is 2.00. The molecule has 15 heavy (non-hydrogen) atoms. The van der Waals surface area contributed by atoms with Crippen LogP contribution < -0.4 is 5.32 Å². The number of hydrogen-bond acceptors (Lipinski definition) is 2. The van der Waals surface area contributed by atoms with Crippen LogP contribution in [0.2, 0.25) is 0 Å². The van der Waals surface area contributed by atoms with E-state index in [1.165, 1.54) is 16.7 Å². The second-order valence-corrected chi connectivity index (χ2v) is 4.61. The number of morpholine rings is 1. The van der Waals surface area contributed by atoms with E-state index in [0.717, 1.165) is 19.8 Å². The summed E-state index contributed by atoms with van der Waals surface area (Å²) in [4.78, 5) is 0. The van der Waals surface area contributed by atoms with Crippen LogP contribution in [0, 0.1) is 13.8 Å². The average Bonchev–Trinajstić information content (AvgIpc) is 2.23. The van der Waals surface area contributed by atoms with Gasteiger partial charge in [-0.1, -0.05) is 18.2 Å². The molecule has 1 fully saturated rings. The van der Waals surface area contributed by atoms with Gasteiger partial charge < -0.3 is 10.1 Å². The maximum Gasteiger partial charge on any atom is 0.0688 e. The molecular weight excluding hydrogens is 186 g/mol. The predicted octanol–water partition coefficient (Wildman–Crippen LogP) is 2.14. The molecule has 1 saturated heterocycles. The van der Waals surface area contributed by atoms with Crippen molar-refractivity contribution >= 4 is 0 Å². The molecule has 1 aliphatic heterocycles. The minimum Gasteiger partial charge on any atom is -0.378 e. The van der Waals surface area contributed by atoms with Gasteiger partial charge in [-0.15, -0.1) is 0 Å². The van der Waals surface area contributed by atoms with Gasteiger partial charge in [0, 0.05) is 6.54 Å². The Morgan fingerprint density at radius 1 is 1.27 bits per heavy atom. The predicted molar refractivity (Wildman–Crippen MR) is 62.1 cm³/mol. The van der Waals surface area contributed by atoms with Gasteiger partial charge in [-0.3, -0.25) is 0 Å². The van der Waals surface area contributed by atoms with Gasteiger partial charge in [0.15, 0.2) is 0 Å². The summed E-state index contributed by atoms with van der Waals surface area (Å²) in [5, 5.41) is 3.53. The van der Waals surface area contributed by atoms with Gasteiger partial charge in [-0.25, -0.2) is 0 Å². The first-order valence-electron chi connectivity index (χ1n) is 5.52. The molecule has 1 atom stereocenters. The first-order chi connectivity index (χ1) is 7.12. The molecule has 1 N–H and O–H groups in total. The summed E-state index contributed by atoms with van der Waals surface area (Å²) in [6.07, 6.45) is 0. The van der Waals surface area contributed by atoms with E-state index in [1.807, 2.05) is 0 Å². The highest BCUT2D eigenvalue weighted by molar-refractivity contribution is 5.34. The van der Waals surface area contributed by atoms with Crippen LogP contribution in [0.5, 0.6) is 0 Å². The molecule has 0 spiro atoms. The van der Waals surface area contributed by atoms with Gasteiger partial charge in [0.25, 0.3) is 0 Å². The number of nitrogens with one attached hydrogen (secondary N) is 1. The highest BCUT2D eigenvalue weighted by Crippen LogP contribution is 2.25. The van der Waals surface area contributed by atoms with Crippen molar-refractivity contribution in [2.24, 2.45) is 0 Å². The Bertz CT molecular complexity index is 354. The Kier molecular flexibility index (Phi) is 2.81. The smallest absolute Gasteiger partial charge is 0.0688 e. The molecule has 0 aromatic heterocycles. The van der Waals surface area contributed by atoms with E-state index in [4.69, 9.17) is 4.74 Å². The first kappa shape index (κ1) is 10.7. The second-order valence-electron chi connectivity index (χ2n) is 4.61. The van der Waals surface area contributed by atoms with Crippen molar-refractivity contribution in [3.63, 3.8) is 0 Å². The van der Waals surface area contributed by atoms with E-state index in [-0.39, 0.29) is 5.54 Å². The number of ether oxygens (including phenoxy) is 1. The average molecular weight is 205 g/mol. The molecule has 0 amide bonds. The summed E-state index contributed by atoms with van der Waals surface area (Å²) in [5.41, 5.74) is 4.00. The molecule has 0 bridgehead atoms. The summed E-state index contributed by atoms with van der Waals surface area (Å²) >= 11 is 0. The first-order valence-corrected chi connectivity index (χ1v) is 5.52. The normalized spacial score (nSPS) is 26.6. The molecular formula is C13H19NO. The van der Waals surface area contributed by atoms with Crippen molar-refractivity contribution in [2.45, 2.75) is 26.3 Å². The lowest BCUT2D eigenvalue weighted by Crippen LogP contribution is -2.49. The van der Waals surface area contributed by atoms with Gasteiger partial charge in [0.05, 0.1) is 18.8 Å². The third-order valence-corrected chi connectivity index (χ3v) is 3.30. The quantitative estimate of drug-likeness (QED) is 0.758. The van der Waals surface area contributed by atoms with E-state index < -0.39 is 0 Å². The van der Waals surface area contributed by atoms with Gasteiger partial charge in [-0.2, -0.15) is 0 Å². The van der Waals surface area contributed by atoms with Crippen molar-refractivity contribution in [1.29, 1.82) is 0 Å². The third-order valence-electron chi connectivity index (χ3n) is 3.30. The fourth-order valence-electron chi connectivity index (χ4n) is 2.00. The summed E-state index contributed by atoms with van der Waals surface area (Å²) in [6.45, 7) is 9.02. The number of hydrogen-bond donors (Lipinski definition) is 1. The monoisotopic (exact) mass is 205 g/mol. The van der Waals surface area contributed by atoms with E-state index in [2.05, 4.69) is 44.3 Å². The van der Waals surface area contributed by atoms with Crippen molar-refractivity contribution in [3.05, 3.63) is 34.9 Å². The molecule has 2 nitrogen and oxygen atoms in total. The summed E-state index contributed by atoms with van der Waals surface area (Å²) in [6, 6.07) is 6.65. The van der Waals surface area contributed by atoms with Gasteiger partial charge in [0.1, 0.15) is 0 Å². The highest BCUT2D eigenvalue weighted by Gasteiger charge is 2.29. The van der Waals surface area contributed by atoms with Crippen LogP contribution in [0.25, 0.3) is 0 Å². The van der Waals surface area contributed by atoms with Crippen molar-refractivity contribution in [1.82, 2.24) is 5.32 Å². The van der Waals surface area contributed by atoms with Crippen molar-refractivity contribution < 1.29 is 4.74 Å². The third kappa shape index (κ3) is 2.06. The van der Waals surface area contributed by atoms with E-state index >= 15 is 0 Å². The van der Waals surface area contributed by atoms with E-state index in [0.29, 0.717) is 0 Å². The Hall–Kier alpha value is -0.860. The van der Waals surface area contributed by atoms with Crippen LogP contribution in [0.1, 0.15) is 23.6 Å². The zero-order chi connectivity index (χ0) is 10.9. The molecule has 1 aromatic carbocycles. The minimum absolute atomic E-state index is 0.0172. The molecule has 1 aromatic rings. The topological polar surface area (TPSA) is 21.3 Å². The fraction of sp³-hybridized carbons (Fsp3) is 0.538. The number of rotatable bonds is 1. The molecule has 1 unspecified atom stereocenters. The highest BCUT2D eigenvalue weighted by atomic mass is 16.5. The standard InChI is InChI=1S/C13H19NO/c1-10-4-5-12(8-11(10)2)13(3)9-15-7-6-14-13/h4-5,8,14H,6-7,9H2,1-3H3. The Balaban J connectivity index is 2.31. The Morgan fingerprint density at radius 3 is 2.67 bits per heavy atom. The van der Waals surface area contributed by atoms with Crippen molar-refractivity contribution in [3.8, 4) is 0 Å². The van der Waals surface area contributed by atoms with Gasteiger partial charge in [-0.05, 0) is 37.5 Å². The molecule has 2 rings (SSSR count). The maximum absolute atomic E-state index is 5.55. The molecule has 1 aliphatic rings. The molecule has 82 valence electrons. The molecule has 0 aliphatic carbocycles. The van der Waals surface area contributed by atoms with E-state index in [1.54, 1.807) is 0 Å². The molecule has 0 saturated carbocycles. The number of benzene rings is 1. The van der Waals surface area contributed by atoms with Crippen LogP contribution in [0.15, 0.2) is 18.2 Å². The lowest BCUT2D eigenvalue weighted by molar-refractivity contribution is 0.0339. The zero-order valence-electron chi connectivity index (χ0n) is 9.76. The molecule has 1 heterocycles. The lowest BCUT2D eigenvalue weighted by Gasteiger charge is -2.35. The van der Waals surface area contributed by atoms with Gasteiger partial charge in [0.2, 0.25) is 0 Å². The Labute approximate surface area is 91.6 Å². The lowest BCUT2D eigenvalue weighted by atomic mass is 9.90. The van der Waals surface area contributed by atoms with Crippen molar-refractivity contribution in [2.75, 3.05) is 19.8 Å². The molecule has 2 heteroatoms. The summed E-state index contributed by atoms with van der Waals surface area (Å²) in [5.74, 6) is 0. The SMILES string of the molecule is Cc1ccc(C2(C)COCCN2)cc1C. The minimum atomic E-state index is -0.0172. The van der Waals surface area contributed by atoms with Crippen LogP contribution in [0.3, 0.4) is 0 Å². The number of aryl methyl sites for hydroxylation is 2. The second kappa shape index (κ2) is 3.95. The van der Waals surface area contributed by atoms with Crippen LogP contribution in [0.4, 0.5) is 0 Å². The van der Waals surface area contributed by atoms with Crippen LogP contribution >= 0.6 is 0 Å². The summed E-state index contributed by atoms with van der Waals surface area (Å²) in [7, 11) is 0.